The van der Waals surface area contributed by atoms with Gasteiger partial charge in [0.25, 0.3) is 11.7 Å². The van der Waals surface area contributed by atoms with Crippen molar-refractivity contribution in [2.75, 3.05) is 64.8 Å². The molecule has 2 amide bonds. The van der Waals surface area contributed by atoms with Crippen molar-refractivity contribution < 1.29 is 58.6 Å². The summed E-state index contributed by atoms with van der Waals surface area (Å²) in [5, 5.41) is 51.3. The standard InChI is InChI=1S/C55H76N6O12/c1-30(2)28-60-22-18-55(19-23-60)57-42-39-40-47(66)36(8)50-41(39)51(68)53(9,73-50)70-25-12-15-32(4)49(72-38(63)27-37(62)61-24-26-71-54(29-61)16-20-59(10)21-17-54)35(7)46(65)34(6)45(64)31(3)13-11-14-33(5)52(69)56-44(48(40)67)43(42)58-55/h11-14,25,30-32,34-35,45-46,49,57,64-67H,15-24,26-29H2,1-10H3/b13-11+,25-12+,33-14-,56-44?/t31-,32+,34+,35+,45-,46+,49+,53-/m0/s1. The van der Waals surface area contributed by atoms with Crippen molar-refractivity contribution >= 4 is 40.0 Å². The van der Waals surface area contributed by atoms with Gasteiger partial charge in [-0.15, -0.1) is 0 Å². The summed E-state index contributed by atoms with van der Waals surface area (Å²) in [6.45, 7) is 21.1. The number of phenols is 2. The van der Waals surface area contributed by atoms with Crippen LogP contribution in [0.1, 0.15) is 110 Å². The summed E-state index contributed by atoms with van der Waals surface area (Å²) in [4.78, 5) is 72.3. The van der Waals surface area contributed by atoms with Gasteiger partial charge in [0.1, 0.15) is 40.4 Å². The van der Waals surface area contributed by atoms with E-state index in [1.807, 2.05) is 6.92 Å². The predicted octanol–water partition coefficient (Wildman–Crippen LogP) is 4.82. The summed E-state index contributed by atoms with van der Waals surface area (Å²) < 4.78 is 24.9. The van der Waals surface area contributed by atoms with Crippen molar-refractivity contribution in [3.63, 3.8) is 0 Å². The van der Waals surface area contributed by atoms with E-state index in [-0.39, 0.29) is 62.0 Å². The van der Waals surface area contributed by atoms with Gasteiger partial charge in [-0.05, 0) is 58.1 Å². The average Bonchev–Trinajstić information content (AvgIpc) is 3.86. The SMILES string of the molecule is C/C1=C/C=C/[C@H](C)[C@H](O)[C@@H](C)[C@@H](O)[C@@H](C)[C@H](OC(=O)CC(=O)N2CCOC3(CCN(C)CC3)C2)[C@H](C)C/C=C/O[C@@]2(C)Oc3c(C)c(O)c4c(O)c(c5c(c4c3C2=O)NC2(CCN(CC(C)C)CC2)N=5)=NC1=O. The second-order valence-electron chi connectivity index (χ2n) is 22.4. The average molecular weight is 1010 g/mol. The minimum Gasteiger partial charge on any atom is -0.507 e. The molecule has 18 heteroatoms. The molecule has 7 aliphatic rings. The van der Waals surface area contributed by atoms with Crippen LogP contribution in [0.15, 0.2) is 46.1 Å². The van der Waals surface area contributed by atoms with Crippen molar-refractivity contribution in [1.82, 2.24) is 14.7 Å². The molecule has 2 spiro atoms. The number of hydrogen-bond acceptors (Lipinski definition) is 16. The number of ketones is 1. The molecular formula is C55H76N6O12. The number of fused-ring (bicyclic) bond motifs is 13. The molecule has 3 saturated heterocycles. The van der Waals surface area contributed by atoms with Crippen molar-refractivity contribution in [2.45, 2.75) is 136 Å². The maximum absolute atomic E-state index is 14.9. The molecule has 0 unspecified atom stereocenters. The maximum Gasteiger partial charge on any atom is 0.315 e. The highest BCUT2D eigenvalue weighted by Crippen LogP contribution is 2.51. The lowest BCUT2D eigenvalue weighted by molar-refractivity contribution is -0.169. The number of hydrogen-bond donors (Lipinski definition) is 5. The molecule has 5 N–H and O–H groups in total. The second-order valence-corrected chi connectivity index (χ2v) is 22.4. The Labute approximate surface area is 427 Å². The van der Waals surface area contributed by atoms with Gasteiger partial charge in [0.15, 0.2) is 5.75 Å². The number of aliphatic hydroxyl groups excluding tert-OH is 2. The van der Waals surface area contributed by atoms with Gasteiger partial charge in [0.05, 0.1) is 47.3 Å². The molecule has 5 bridgehead atoms. The number of ether oxygens (including phenoxy) is 4. The molecule has 9 rings (SSSR count). The van der Waals surface area contributed by atoms with E-state index in [4.69, 9.17) is 23.9 Å². The molecule has 3 fully saturated rings. The fraction of sp³-hybridized carbons (Fsp3) is 0.636. The summed E-state index contributed by atoms with van der Waals surface area (Å²) in [5.41, 5.74) is -0.591. The highest BCUT2D eigenvalue weighted by molar-refractivity contribution is 6.21. The molecule has 0 aliphatic carbocycles. The largest absolute Gasteiger partial charge is 0.507 e. The molecular weight excluding hydrogens is 937 g/mol. The third-order valence-corrected chi connectivity index (χ3v) is 16.3. The fourth-order valence-corrected chi connectivity index (χ4v) is 11.6. The van der Waals surface area contributed by atoms with Crippen molar-refractivity contribution in [1.29, 1.82) is 0 Å². The fourth-order valence-electron chi connectivity index (χ4n) is 11.6. The number of Topliss-reactive ketones (excluding diaryl/α,β-unsaturated/α-hetero) is 1. The zero-order valence-electron chi connectivity index (χ0n) is 44.2. The molecule has 2 aromatic carbocycles. The Balaban J connectivity index is 1.14. The third-order valence-electron chi connectivity index (χ3n) is 16.3. The number of carbonyl (C=O) groups is 4. The van der Waals surface area contributed by atoms with E-state index >= 15 is 0 Å². The normalized spacial score (nSPS) is 31.5. The van der Waals surface area contributed by atoms with E-state index in [9.17, 15) is 39.6 Å². The molecule has 2 aromatic rings. The first-order valence-corrected chi connectivity index (χ1v) is 26.1. The van der Waals surface area contributed by atoms with Crippen molar-refractivity contribution in [3.8, 4) is 17.2 Å². The Morgan fingerprint density at radius 1 is 0.932 bits per heavy atom. The first-order valence-electron chi connectivity index (χ1n) is 26.1. The number of aromatic hydroxyl groups is 2. The van der Waals surface area contributed by atoms with E-state index in [0.29, 0.717) is 57.2 Å². The molecule has 7 heterocycles. The van der Waals surface area contributed by atoms with Gasteiger partial charge in [-0.1, -0.05) is 59.8 Å². The highest BCUT2D eigenvalue weighted by Gasteiger charge is 2.51. The van der Waals surface area contributed by atoms with Gasteiger partial charge < -0.3 is 59.4 Å². The minimum absolute atomic E-state index is 0.0556. The van der Waals surface area contributed by atoms with Crippen LogP contribution in [0.2, 0.25) is 0 Å². The van der Waals surface area contributed by atoms with Crippen LogP contribution in [0.4, 0.5) is 5.69 Å². The number of carbonyl (C=O) groups excluding carboxylic acids is 4. The van der Waals surface area contributed by atoms with Gasteiger partial charge in [0, 0.05) is 99.9 Å². The summed E-state index contributed by atoms with van der Waals surface area (Å²) >= 11 is 0. The zero-order chi connectivity index (χ0) is 52.9. The maximum atomic E-state index is 14.9. The molecule has 398 valence electrons. The van der Waals surface area contributed by atoms with Gasteiger partial charge in [-0.25, -0.2) is 4.99 Å². The van der Waals surface area contributed by atoms with E-state index < -0.39 is 88.9 Å². The second kappa shape index (κ2) is 21.1. The first kappa shape index (κ1) is 53.9. The molecule has 0 radical (unpaired) electrons. The van der Waals surface area contributed by atoms with Crippen molar-refractivity contribution in [2.24, 2.45) is 39.6 Å². The number of nitrogens with one attached hydrogen (secondary N) is 1. The molecule has 8 atom stereocenters. The summed E-state index contributed by atoms with van der Waals surface area (Å²) in [6, 6.07) is 0. The number of morpholine rings is 1. The van der Waals surface area contributed by atoms with E-state index in [0.717, 1.165) is 32.5 Å². The van der Waals surface area contributed by atoms with Crippen LogP contribution in [0.3, 0.4) is 0 Å². The van der Waals surface area contributed by atoms with Crippen LogP contribution < -0.4 is 20.8 Å². The Kier molecular flexibility index (Phi) is 15.6. The summed E-state index contributed by atoms with van der Waals surface area (Å²) in [5.74, 6) is -7.21. The monoisotopic (exact) mass is 1010 g/mol. The first-order chi connectivity index (χ1) is 34.5. The topological polar surface area (TPSA) is 233 Å². The Bertz CT molecular complexity index is 2720. The Hall–Kier alpha value is -5.40. The number of benzene rings is 2. The number of rotatable bonds is 5. The minimum atomic E-state index is -1.95. The highest BCUT2D eigenvalue weighted by atomic mass is 16.7. The van der Waals surface area contributed by atoms with Crippen LogP contribution in [0.5, 0.6) is 17.2 Å². The molecule has 0 saturated carbocycles. The molecule has 73 heavy (non-hydrogen) atoms. The Morgan fingerprint density at radius 3 is 2.32 bits per heavy atom. The lowest BCUT2D eigenvalue weighted by Gasteiger charge is -2.46. The number of piperidine rings is 2. The van der Waals surface area contributed by atoms with Gasteiger partial charge >= 0.3 is 11.8 Å². The summed E-state index contributed by atoms with van der Waals surface area (Å²) in [6.07, 6.45) is 7.07. The van der Waals surface area contributed by atoms with Crippen LogP contribution in [0.25, 0.3) is 10.8 Å². The quantitative estimate of drug-likeness (QED) is 0.154. The number of allylic oxidation sites excluding steroid dienone is 3. The van der Waals surface area contributed by atoms with Gasteiger partial charge in [-0.3, -0.25) is 24.2 Å². The van der Waals surface area contributed by atoms with Crippen LogP contribution >= 0.6 is 0 Å². The predicted molar refractivity (Wildman–Crippen MR) is 272 cm³/mol. The Morgan fingerprint density at radius 2 is 1.63 bits per heavy atom. The van der Waals surface area contributed by atoms with E-state index in [1.165, 1.54) is 13.2 Å². The van der Waals surface area contributed by atoms with Crippen LogP contribution in [-0.2, 0) is 28.6 Å². The lowest BCUT2D eigenvalue weighted by Crippen LogP contribution is -2.57. The number of aliphatic hydroxyl groups is 2. The number of nitrogens with zero attached hydrogens (tertiary/aromatic N) is 5. The smallest absolute Gasteiger partial charge is 0.315 e. The molecule has 7 aliphatic heterocycles. The van der Waals surface area contributed by atoms with Crippen LogP contribution in [0, 0.1) is 36.5 Å². The molecule has 18 nitrogen and oxygen atoms in total. The lowest BCUT2D eigenvalue weighted by atomic mass is 9.79. The third kappa shape index (κ3) is 10.6. The number of phenolic OH excluding ortho intramolecular Hbond substituents is 2. The number of amides is 2. The van der Waals surface area contributed by atoms with Gasteiger partial charge in [-0.2, -0.15) is 0 Å². The van der Waals surface area contributed by atoms with E-state index in [2.05, 4.69) is 41.0 Å². The zero-order valence-corrected chi connectivity index (χ0v) is 44.2. The van der Waals surface area contributed by atoms with E-state index in [1.54, 1.807) is 63.8 Å². The number of esters is 1. The van der Waals surface area contributed by atoms with Crippen molar-refractivity contribution in [3.05, 3.63) is 58.0 Å². The summed E-state index contributed by atoms with van der Waals surface area (Å²) in [7, 11) is 2.06. The van der Waals surface area contributed by atoms with Crippen LogP contribution in [-0.4, -0.2) is 154 Å². The molecule has 0 aromatic heterocycles. The number of likely N-dealkylation sites (tertiary alicyclic amines) is 2. The number of anilines is 1. The van der Waals surface area contributed by atoms with Gasteiger partial charge in [0.2, 0.25) is 5.91 Å².